The zero-order chi connectivity index (χ0) is 40.4. The Hall–Kier alpha value is -8.16. The van der Waals surface area contributed by atoms with Crippen molar-refractivity contribution in [2.45, 2.75) is 47.5 Å². The van der Waals surface area contributed by atoms with Crippen LogP contribution in [0.25, 0.3) is 16.5 Å². The number of carbonyl (C=O) groups is 1. The first kappa shape index (κ1) is 47.8. The summed E-state index contributed by atoms with van der Waals surface area (Å²) in [7, 11) is 0. The van der Waals surface area contributed by atoms with Crippen LogP contribution in [0.2, 0.25) is 0 Å². The molecule has 2 aromatic rings. The van der Waals surface area contributed by atoms with Gasteiger partial charge >= 0.3 is 0 Å². The second kappa shape index (κ2) is 30.5. The van der Waals surface area contributed by atoms with E-state index in [1.54, 1.807) is 30.9 Å². The molecule has 1 saturated heterocycles. The van der Waals surface area contributed by atoms with E-state index in [0.717, 1.165) is 38.0 Å². The SMILES string of the molecule is CC#CC#CC#CC#CC#CC#CC#CC#CC#CC#CC#CC.CC(C)(C)CN1CCC(=Cc2ccc(C(=O)Nc3ccccc3N)cc2)CC1.O.[HH].[HH].[HH].[HH].[HH].[HH].[HH].[HH].[HH].[HH].[HH].[HH].[N-]=[N+]=N. The highest BCUT2D eigenvalue weighted by Crippen LogP contribution is 2.24. The van der Waals surface area contributed by atoms with Gasteiger partial charge in [0.25, 0.3) is 5.91 Å². The molecule has 6 N–H and O–H groups in total. The Kier molecular flexibility index (Phi) is 26.0. The fourth-order valence-electron chi connectivity index (χ4n) is 4.27. The summed E-state index contributed by atoms with van der Waals surface area (Å²) in [5, 5.41) is 2.87. The molecule has 0 radical (unpaired) electrons. The van der Waals surface area contributed by atoms with E-state index in [0.29, 0.717) is 22.4 Å². The van der Waals surface area contributed by atoms with Gasteiger partial charge in [-0.05, 0) is 167 Å². The summed E-state index contributed by atoms with van der Waals surface area (Å²) in [6.07, 6.45) is 4.50. The Morgan fingerprint density at radius 1 is 0.750 bits per heavy atom. The van der Waals surface area contributed by atoms with Crippen molar-refractivity contribution in [3.8, 4) is 130 Å². The van der Waals surface area contributed by atoms with Crippen LogP contribution in [-0.4, -0.2) is 35.9 Å². The lowest BCUT2D eigenvalue weighted by Gasteiger charge is -2.33. The van der Waals surface area contributed by atoms with Crippen LogP contribution in [0.3, 0.4) is 0 Å². The normalized spacial score (nSPS) is 9.48. The Morgan fingerprint density at radius 2 is 1.12 bits per heavy atom. The smallest absolute Gasteiger partial charge is 0.255 e. The van der Waals surface area contributed by atoms with Gasteiger partial charge in [-0.25, -0.2) is 0 Å². The molecule has 298 valence electrons. The maximum atomic E-state index is 12.4. The molecular formula is C48H64N6O2. The Morgan fingerprint density at radius 3 is 1.48 bits per heavy atom. The average Bonchev–Trinajstić information content (AvgIpc) is 3.16. The monoisotopic (exact) mass is 757 g/mol. The fraction of sp³-hybridized carbons (Fsp3) is 0.229. The zero-order valence-electron chi connectivity index (χ0n) is 32.1. The van der Waals surface area contributed by atoms with Gasteiger partial charge in [0.15, 0.2) is 0 Å². The predicted molar refractivity (Wildman–Crippen MR) is 254 cm³/mol. The number of nitrogens with zero attached hydrogens (tertiary/aromatic N) is 3. The van der Waals surface area contributed by atoms with E-state index in [9.17, 15) is 4.79 Å². The van der Waals surface area contributed by atoms with Gasteiger partial charge < -0.3 is 21.4 Å². The average molecular weight is 757 g/mol. The third kappa shape index (κ3) is 24.9. The molecule has 1 fully saturated rings. The van der Waals surface area contributed by atoms with Crippen LogP contribution in [0.4, 0.5) is 11.4 Å². The van der Waals surface area contributed by atoms with Crippen LogP contribution in [0.15, 0.2) is 54.1 Å². The number of para-hydroxylation sites is 2. The van der Waals surface area contributed by atoms with Crippen LogP contribution in [0.1, 0.15) is 80.5 Å². The number of amides is 1. The molecule has 0 aliphatic carbocycles. The lowest BCUT2D eigenvalue weighted by atomic mass is 9.93. The summed E-state index contributed by atoms with van der Waals surface area (Å²) in [6.45, 7) is 13.7. The number of nitrogens with one attached hydrogen (secondary N) is 2. The quantitative estimate of drug-likeness (QED) is 0.0939. The maximum Gasteiger partial charge on any atom is 0.255 e. The second-order valence-electron chi connectivity index (χ2n) is 11.9. The highest BCUT2D eigenvalue weighted by molar-refractivity contribution is 6.05. The summed E-state index contributed by atoms with van der Waals surface area (Å²) in [6, 6.07) is 15.0. The summed E-state index contributed by atoms with van der Waals surface area (Å²) < 4.78 is 0. The number of benzene rings is 2. The molecule has 1 amide bonds. The van der Waals surface area contributed by atoms with Gasteiger partial charge in [-0.1, -0.05) is 68.5 Å². The number of nitrogen functional groups attached to an aromatic ring is 1. The molecule has 2 aromatic carbocycles. The molecule has 0 aromatic heterocycles. The molecule has 56 heavy (non-hydrogen) atoms. The number of likely N-dealkylation sites (tertiary alicyclic amines) is 1. The minimum Gasteiger partial charge on any atom is -0.412 e. The minimum atomic E-state index is -0.146. The molecule has 1 aliphatic heterocycles. The minimum absolute atomic E-state index is 0. The second-order valence-corrected chi connectivity index (χ2v) is 11.9. The van der Waals surface area contributed by atoms with Crippen molar-refractivity contribution in [3.05, 3.63) is 75.7 Å². The highest BCUT2D eigenvalue weighted by atomic mass is 16.1. The number of hydrogen-bond donors (Lipinski definition) is 3. The molecule has 3 rings (SSSR count). The van der Waals surface area contributed by atoms with E-state index in [-0.39, 0.29) is 28.5 Å². The van der Waals surface area contributed by atoms with Crippen molar-refractivity contribution in [1.29, 1.82) is 5.53 Å². The number of hydrogen-bond acceptors (Lipinski definition) is 4. The molecule has 8 nitrogen and oxygen atoms in total. The summed E-state index contributed by atoms with van der Waals surface area (Å²) in [4.78, 5) is 16.7. The lowest BCUT2D eigenvalue weighted by molar-refractivity contribution is 0.102. The molecule has 0 spiro atoms. The summed E-state index contributed by atoms with van der Waals surface area (Å²) in [5.41, 5.74) is 23.0. The van der Waals surface area contributed by atoms with Crippen molar-refractivity contribution in [2.24, 2.45) is 5.41 Å². The number of anilines is 2. The fourth-order valence-corrected chi connectivity index (χ4v) is 4.27. The van der Waals surface area contributed by atoms with E-state index >= 15 is 0 Å². The van der Waals surface area contributed by atoms with Crippen molar-refractivity contribution in [3.63, 3.8) is 0 Å². The molecule has 8 heteroatoms. The van der Waals surface area contributed by atoms with E-state index in [4.69, 9.17) is 16.8 Å². The molecule has 0 atom stereocenters. The van der Waals surface area contributed by atoms with Crippen LogP contribution < -0.4 is 11.1 Å². The van der Waals surface area contributed by atoms with Gasteiger partial charge in [0.2, 0.25) is 0 Å². The highest BCUT2D eigenvalue weighted by Gasteiger charge is 2.19. The number of nitrogens with two attached hydrogens (primary N) is 1. The third-order valence-corrected chi connectivity index (χ3v) is 6.39. The number of piperidine rings is 1. The number of carbonyl (C=O) groups excluding carboxylic acids is 1. The topological polar surface area (TPSA) is 150 Å². The van der Waals surface area contributed by atoms with Crippen LogP contribution in [-0.2, 0) is 0 Å². The van der Waals surface area contributed by atoms with E-state index in [1.807, 2.05) is 36.4 Å². The van der Waals surface area contributed by atoms with Crippen molar-refractivity contribution in [1.82, 2.24) is 4.90 Å². The maximum absolute atomic E-state index is 12.4. The molecule has 1 heterocycles. The van der Waals surface area contributed by atoms with E-state index in [2.05, 4.69) is 167 Å². The van der Waals surface area contributed by atoms with Crippen LogP contribution >= 0.6 is 0 Å². The van der Waals surface area contributed by atoms with Gasteiger partial charge in [0.05, 0.1) is 11.4 Å². The number of rotatable bonds is 4. The summed E-state index contributed by atoms with van der Waals surface area (Å²) >= 11 is 0. The first-order chi connectivity index (χ1) is 26.6. The van der Waals surface area contributed by atoms with E-state index in [1.165, 1.54) is 5.57 Å². The van der Waals surface area contributed by atoms with Gasteiger partial charge in [-0.2, -0.15) is 0 Å². The van der Waals surface area contributed by atoms with Crippen LogP contribution in [0.5, 0.6) is 0 Å². The van der Waals surface area contributed by atoms with E-state index < -0.39 is 0 Å². The predicted octanol–water partition coefficient (Wildman–Crippen LogP) is 9.11. The zero-order valence-corrected chi connectivity index (χ0v) is 32.1. The van der Waals surface area contributed by atoms with Gasteiger partial charge in [-0.15, -0.1) is 5.53 Å². The van der Waals surface area contributed by atoms with Crippen LogP contribution in [0, 0.1) is 141 Å². The summed E-state index contributed by atoms with van der Waals surface area (Å²) in [5.74, 6) is 55.5. The largest absolute Gasteiger partial charge is 0.412 e. The Balaban J connectivity index is -0.0000000652. The molecular weight excluding hydrogens is 693 g/mol. The van der Waals surface area contributed by atoms with Crippen molar-refractivity contribution >= 4 is 23.4 Å². The Labute approximate surface area is 350 Å². The lowest BCUT2D eigenvalue weighted by Crippen LogP contribution is -2.37. The molecule has 1 aliphatic rings. The third-order valence-electron chi connectivity index (χ3n) is 6.39. The standard InChI is InChI=1S/C24H31N3O.C24H6.HN3.H2O.12H2/c1-24(2,3)17-27-14-12-19(13-15-27)16-18-8-10-20(11-9-18)23(28)26-22-7-5-4-6-21(22)25;1-3-5-7-9-11-13-15-17-19-21-23-24-22-20-18-16-14-12-10-8-6-4-2;1-3-2;;;;;;;;;;;;;/h4-11,16H,12-15,17,25H2,1-3H3,(H,26,28);1-2H3;1H;1H2;12*1H. The van der Waals surface area contributed by atoms with Gasteiger partial charge in [-0.3, -0.25) is 4.79 Å². The first-order valence-corrected chi connectivity index (χ1v) is 16.7. The van der Waals surface area contributed by atoms with Crippen molar-refractivity contribution in [2.75, 3.05) is 30.7 Å². The van der Waals surface area contributed by atoms with Gasteiger partial charge in [0, 0.05) is 66.0 Å². The first-order valence-electron chi connectivity index (χ1n) is 16.7. The van der Waals surface area contributed by atoms with Crippen molar-refractivity contribution < 1.29 is 27.4 Å². The van der Waals surface area contributed by atoms with Gasteiger partial charge in [0.1, 0.15) is 0 Å². The Bertz CT molecular complexity index is 2400. The molecule has 0 saturated carbocycles. The molecule has 0 unspecified atom stereocenters. The molecule has 0 bridgehead atoms.